The highest BCUT2D eigenvalue weighted by Gasteiger charge is 1.93. The van der Waals surface area contributed by atoms with Crippen LogP contribution in [0.15, 0.2) is 30.3 Å². The van der Waals surface area contributed by atoms with Crippen molar-refractivity contribution in [2.75, 3.05) is 6.54 Å². The molecule has 1 aromatic rings. The Morgan fingerprint density at radius 2 is 1.53 bits per heavy atom. The highest BCUT2D eigenvalue weighted by molar-refractivity contribution is 5.14. The Labute approximate surface area is 92.3 Å². The molecule has 15 heavy (non-hydrogen) atoms. The van der Waals surface area contributed by atoms with E-state index in [1.807, 2.05) is 0 Å². The van der Waals surface area contributed by atoms with E-state index in [9.17, 15) is 0 Å². The summed E-state index contributed by atoms with van der Waals surface area (Å²) in [6, 6.07) is 10.6. The normalized spacial score (nSPS) is 10.5. The van der Waals surface area contributed by atoms with Gasteiger partial charge in [-0.25, -0.2) is 5.48 Å². The Balaban J connectivity index is 1.93. The minimum atomic E-state index is 0.721. The van der Waals surface area contributed by atoms with Crippen molar-refractivity contribution < 1.29 is 5.21 Å². The van der Waals surface area contributed by atoms with Crippen molar-refractivity contribution in [1.29, 1.82) is 0 Å². The minimum absolute atomic E-state index is 0.721. The summed E-state index contributed by atoms with van der Waals surface area (Å²) < 4.78 is 0. The molecule has 0 amide bonds. The zero-order valence-electron chi connectivity index (χ0n) is 9.28. The summed E-state index contributed by atoms with van der Waals surface area (Å²) in [4.78, 5) is 0. The lowest BCUT2D eigenvalue weighted by molar-refractivity contribution is 0.164. The van der Waals surface area contributed by atoms with E-state index in [2.05, 4.69) is 35.8 Å². The number of nitrogens with one attached hydrogen (secondary N) is 1. The molecular formula is C13H21NO. The fraction of sp³-hybridized carbons (Fsp3) is 0.538. The smallest absolute Gasteiger partial charge is 0.0207 e. The van der Waals surface area contributed by atoms with Crippen molar-refractivity contribution >= 4 is 0 Å². The van der Waals surface area contributed by atoms with E-state index in [1.54, 1.807) is 0 Å². The predicted octanol–water partition coefficient (Wildman–Crippen LogP) is 3.16. The van der Waals surface area contributed by atoms with Gasteiger partial charge in [0.1, 0.15) is 0 Å². The van der Waals surface area contributed by atoms with Crippen LogP contribution in [0.3, 0.4) is 0 Å². The van der Waals surface area contributed by atoms with Crippen molar-refractivity contribution in [2.24, 2.45) is 0 Å². The van der Waals surface area contributed by atoms with Gasteiger partial charge in [-0.3, -0.25) is 0 Å². The second kappa shape index (κ2) is 8.45. The number of aryl methyl sites for hydroxylation is 1. The van der Waals surface area contributed by atoms with Gasteiger partial charge in [-0.05, 0) is 24.8 Å². The van der Waals surface area contributed by atoms with Gasteiger partial charge in [0.2, 0.25) is 0 Å². The van der Waals surface area contributed by atoms with Gasteiger partial charge in [0.25, 0.3) is 0 Å². The van der Waals surface area contributed by atoms with Crippen molar-refractivity contribution in [3.05, 3.63) is 35.9 Å². The lowest BCUT2D eigenvalue weighted by Gasteiger charge is -2.01. The molecule has 0 unspecified atom stereocenters. The van der Waals surface area contributed by atoms with Crippen LogP contribution in [-0.4, -0.2) is 11.8 Å². The fourth-order valence-corrected chi connectivity index (χ4v) is 1.71. The molecule has 0 heterocycles. The molecule has 0 saturated carbocycles. The third-order valence-corrected chi connectivity index (χ3v) is 2.60. The van der Waals surface area contributed by atoms with Gasteiger partial charge >= 0.3 is 0 Å². The zero-order valence-corrected chi connectivity index (χ0v) is 9.28. The van der Waals surface area contributed by atoms with Crippen LogP contribution in [0.5, 0.6) is 0 Å². The highest BCUT2D eigenvalue weighted by atomic mass is 16.5. The maximum absolute atomic E-state index is 8.37. The van der Waals surface area contributed by atoms with Crippen molar-refractivity contribution in [3.8, 4) is 0 Å². The molecule has 84 valence electrons. The standard InChI is InChI=1S/C13H21NO/c15-14-12-8-3-1-2-5-9-13-10-6-4-7-11-13/h4,6-7,10-11,14-15H,1-3,5,8-9,12H2. The Hall–Kier alpha value is -0.860. The number of hydrogen-bond donors (Lipinski definition) is 2. The number of hydroxylamine groups is 1. The van der Waals surface area contributed by atoms with Gasteiger partial charge < -0.3 is 5.21 Å². The quantitative estimate of drug-likeness (QED) is 0.507. The fourth-order valence-electron chi connectivity index (χ4n) is 1.71. The van der Waals surface area contributed by atoms with E-state index in [0.717, 1.165) is 13.0 Å². The third-order valence-electron chi connectivity index (χ3n) is 2.60. The first-order valence-corrected chi connectivity index (χ1v) is 5.84. The zero-order chi connectivity index (χ0) is 10.8. The van der Waals surface area contributed by atoms with Crippen LogP contribution in [-0.2, 0) is 6.42 Å². The molecule has 1 rings (SSSR count). The molecule has 2 nitrogen and oxygen atoms in total. The summed E-state index contributed by atoms with van der Waals surface area (Å²) in [5, 5.41) is 8.37. The van der Waals surface area contributed by atoms with Crippen molar-refractivity contribution in [1.82, 2.24) is 5.48 Å². The molecule has 0 spiro atoms. The van der Waals surface area contributed by atoms with Gasteiger partial charge in [0, 0.05) is 6.54 Å². The molecule has 0 aliphatic rings. The maximum Gasteiger partial charge on any atom is 0.0207 e. The minimum Gasteiger partial charge on any atom is -0.317 e. The maximum atomic E-state index is 8.37. The molecule has 1 aromatic carbocycles. The molecule has 2 N–H and O–H groups in total. The van der Waals surface area contributed by atoms with Crippen LogP contribution in [0, 0.1) is 0 Å². The summed E-state index contributed by atoms with van der Waals surface area (Å²) in [6.45, 7) is 0.721. The lowest BCUT2D eigenvalue weighted by atomic mass is 10.1. The molecule has 0 aliphatic carbocycles. The first kappa shape index (κ1) is 12.2. The summed E-state index contributed by atoms with van der Waals surface area (Å²) in [5.74, 6) is 0. The Bertz CT molecular complexity index is 236. The SMILES string of the molecule is ONCCCCCCCc1ccccc1. The second-order valence-corrected chi connectivity index (χ2v) is 3.91. The number of hydrogen-bond acceptors (Lipinski definition) is 2. The topological polar surface area (TPSA) is 32.3 Å². The molecule has 0 aliphatic heterocycles. The van der Waals surface area contributed by atoms with E-state index in [4.69, 9.17) is 5.21 Å². The van der Waals surface area contributed by atoms with E-state index in [-0.39, 0.29) is 0 Å². The van der Waals surface area contributed by atoms with Crippen LogP contribution in [0.2, 0.25) is 0 Å². The predicted molar refractivity (Wildman–Crippen MR) is 63.0 cm³/mol. The van der Waals surface area contributed by atoms with Gasteiger partial charge in [0.15, 0.2) is 0 Å². The van der Waals surface area contributed by atoms with Gasteiger partial charge in [-0.15, -0.1) is 0 Å². The summed E-state index contributed by atoms with van der Waals surface area (Å²) in [5.41, 5.74) is 3.62. The molecule has 0 aromatic heterocycles. The largest absolute Gasteiger partial charge is 0.317 e. The molecule has 0 saturated heterocycles. The van der Waals surface area contributed by atoms with E-state index >= 15 is 0 Å². The molecule has 2 heteroatoms. The van der Waals surface area contributed by atoms with Crippen LogP contribution >= 0.6 is 0 Å². The first-order valence-electron chi connectivity index (χ1n) is 5.84. The lowest BCUT2D eigenvalue weighted by Crippen LogP contribution is -2.07. The number of benzene rings is 1. The number of unbranched alkanes of at least 4 members (excludes halogenated alkanes) is 4. The Morgan fingerprint density at radius 3 is 2.27 bits per heavy atom. The number of rotatable bonds is 8. The average Bonchev–Trinajstić information content (AvgIpc) is 2.29. The monoisotopic (exact) mass is 207 g/mol. The van der Waals surface area contributed by atoms with Crippen LogP contribution in [0.25, 0.3) is 0 Å². The van der Waals surface area contributed by atoms with Gasteiger partial charge in [0.05, 0.1) is 0 Å². The Kier molecular flexibility index (Phi) is 6.88. The summed E-state index contributed by atoms with van der Waals surface area (Å²) in [7, 11) is 0. The van der Waals surface area contributed by atoms with Crippen LogP contribution in [0.1, 0.15) is 37.7 Å². The Morgan fingerprint density at radius 1 is 0.867 bits per heavy atom. The summed E-state index contributed by atoms with van der Waals surface area (Å²) in [6.07, 6.45) is 7.31. The van der Waals surface area contributed by atoms with Gasteiger partial charge in [-0.2, -0.15) is 0 Å². The van der Waals surface area contributed by atoms with Gasteiger partial charge in [-0.1, -0.05) is 49.6 Å². The van der Waals surface area contributed by atoms with E-state index in [1.165, 1.54) is 37.7 Å². The second-order valence-electron chi connectivity index (χ2n) is 3.91. The summed E-state index contributed by atoms with van der Waals surface area (Å²) >= 11 is 0. The van der Waals surface area contributed by atoms with Crippen LogP contribution in [0.4, 0.5) is 0 Å². The van der Waals surface area contributed by atoms with E-state index in [0.29, 0.717) is 0 Å². The van der Waals surface area contributed by atoms with E-state index < -0.39 is 0 Å². The van der Waals surface area contributed by atoms with Crippen molar-refractivity contribution in [3.63, 3.8) is 0 Å². The molecule has 0 atom stereocenters. The third kappa shape index (κ3) is 6.26. The molecule has 0 fully saturated rings. The highest BCUT2D eigenvalue weighted by Crippen LogP contribution is 2.08. The van der Waals surface area contributed by atoms with Crippen molar-refractivity contribution in [2.45, 2.75) is 38.5 Å². The average molecular weight is 207 g/mol. The molecular weight excluding hydrogens is 186 g/mol. The molecule has 0 bridgehead atoms. The van der Waals surface area contributed by atoms with Crippen LogP contribution < -0.4 is 5.48 Å². The first-order chi connectivity index (χ1) is 7.43. The molecule has 0 radical (unpaired) electrons.